The SMILES string of the molecule is Cn1ncc(Cl)c1C(O)Cc1ccc(Cl)c(Cl)c1. The molecule has 0 amide bonds. The Hall–Kier alpha value is -0.740. The molecule has 1 unspecified atom stereocenters. The topological polar surface area (TPSA) is 38.0 Å². The van der Waals surface area contributed by atoms with Crippen LogP contribution in [0.15, 0.2) is 24.4 Å². The Morgan fingerprint density at radius 3 is 2.50 bits per heavy atom. The molecule has 1 heterocycles. The predicted octanol–water partition coefficient (Wildman–Crippen LogP) is 3.66. The molecule has 0 saturated heterocycles. The highest BCUT2D eigenvalue weighted by Crippen LogP contribution is 2.28. The Kier molecular flexibility index (Phi) is 4.17. The van der Waals surface area contributed by atoms with Gasteiger partial charge in [0.15, 0.2) is 0 Å². The molecular formula is C12H11Cl3N2O. The van der Waals surface area contributed by atoms with Crippen molar-refractivity contribution in [1.82, 2.24) is 9.78 Å². The van der Waals surface area contributed by atoms with E-state index in [-0.39, 0.29) is 0 Å². The van der Waals surface area contributed by atoms with E-state index in [9.17, 15) is 5.11 Å². The first-order valence-corrected chi connectivity index (χ1v) is 6.42. The van der Waals surface area contributed by atoms with E-state index in [1.807, 2.05) is 6.07 Å². The lowest BCUT2D eigenvalue weighted by molar-refractivity contribution is 0.168. The molecule has 0 radical (unpaired) electrons. The second-order valence-corrected chi connectivity index (χ2v) is 5.19. The summed E-state index contributed by atoms with van der Waals surface area (Å²) in [7, 11) is 1.74. The number of nitrogens with zero attached hydrogens (tertiary/aromatic N) is 2. The van der Waals surface area contributed by atoms with Crippen molar-refractivity contribution >= 4 is 34.8 Å². The quantitative estimate of drug-likeness (QED) is 0.940. The van der Waals surface area contributed by atoms with Crippen molar-refractivity contribution in [2.24, 2.45) is 7.05 Å². The molecule has 2 aromatic rings. The van der Waals surface area contributed by atoms with Gasteiger partial charge in [0.25, 0.3) is 0 Å². The van der Waals surface area contributed by atoms with Gasteiger partial charge >= 0.3 is 0 Å². The van der Waals surface area contributed by atoms with Crippen LogP contribution in [0.3, 0.4) is 0 Å². The summed E-state index contributed by atoms with van der Waals surface area (Å²) in [4.78, 5) is 0. The highest BCUT2D eigenvalue weighted by Gasteiger charge is 2.17. The van der Waals surface area contributed by atoms with Crippen LogP contribution in [0.2, 0.25) is 15.1 Å². The van der Waals surface area contributed by atoms with Crippen molar-refractivity contribution in [3.63, 3.8) is 0 Å². The van der Waals surface area contributed by atoms with Gasteiger partial charge in [0.1, 0.15) is 6.10 Å². The molecule has 2 rings (SSSR count). The van der Waals surface area contributed by atoms with Crippen LogP contribution in [0.1, 0.15) is 17.4 Å². The van der Waals surface area contributed by atoms with Crippen molar-refractivity contribution in [3.8, 4) is 0 Å². The van der Waals surface area contributed by atoms with Crippen molar-refractivity contribution in [1.29, 1.82) is 0 Å². The van der Waals surface area contributed by atoms with Gasteiger partial charge in [0, 0.05) is 13.5 Å². The summed E-state index contributed by atoms with van der Waals surface area (Å²) in [6.45, 7) is 0. The van der Waals surface area contributed by atoms with Crippen molar-refractivity contribution in [3.05, 3.63) is 50.7 Å². The standard InChI is InChI=1S/C12H11Cl3N2O/c1-17-12(10(15)6-16-17)11(18)5-7-2-3-8(13)9(14)4-7/h2-4,6,11,18H,5H2,1H3. The number of rotatable bonds is 3. The molecule has 96 valence electrons. The Bertz CT molecular complexity index is 549. The van der Waals surface area contributed by atoms with Gasteiger partial charge in [0.2, 0.25) is 0 Å². The average Bonchev–Trinajstić information content (AvgIpc) is 2.64. The third kappa shape index (κ3) is 2.81. The summed E-state index contributed by atoms with van der Waals surface area (Å²) in [6, 6.07) is 5.26. The fourth-order valence-corrected chi connectivity index (χ4v) is 2.39. The Morgan fingerprint density at radius 1 is 1.22 bits per heavy atom. The first kappa shape index (κ1) is 13.7. The van der Waals surface area contributed by atoms with Crippen LogP contribution in [0, 0.1) is 0 Å². The van der Waals surface area contributed by atoms with Crippen molar-refractivity contribution in [2.45, 2.75) is 12.5 Å². The van der Waals surface area contributed by atoms with Crippen molar-refractivity contribution in [2.75, 3.05) is 0 Å². The Morgan fingerprint density at radius 2 is 1.94 bits per heavy atom. The van der Waals surface area contributed by atoms with E-state index in [2.05, 4.69) is 5.10 Å². The minimum Gasteiger partial charge on any atom is -0.386 e. The van der Waals surface area contributed by atoms with E-state index in [0.717, 1.165) is 5.56 Å². The van der Waals surface area contributed by atoms with Gasteiger partial charge in [-0.15, -0.1) is 0 Å². The predicted molar refractivity (Wildman–Crippen MR) is 73.3 cm³/mol. The fourth-order valence-electron chi connectivity index (χ4n) is 1.78. The smallest absolute Gasteiger partial charge is 0.101 e. The van der Waals surface area contributed by atoms with E-state index in [4.69, 9.17) is 34.8 Å². The Labute approximate surface area is 120 Å². The molecule has 0 aliphatic carbocycles. The largest absolute Gasteiger partial charge is 0.386 e. The summed E-state index contributed by atoms with van der Waals surface area (Å²) in [5.41, 5.74) is 1.47. The summed E-state index contributed by atoms with van der Waals surface area (Å²) < 4.78 is 1.56. The van der Waals surface area contributed by atoms with E-state index in [1.54, 1.807) is 23.9 Å². The second-order valence-electron chi connectivity index (χ2n) is 3.97. The fraction of sp³-hybridized carbons (Fsp3) is 0.250. The summed E-state index contributed by atoms with van der Waals surface area (Å²) in [5.74, 6) is 0. The monoisotopic (exact) mass is 304 g/mol. The minimum absolute atomic E-state index is 0.399. The molecule has 0 bridgehead atoms. The lowest BCUT2D eigenvalue weighted by Crippen LogP contribution is -2.08. The lowest BCUT2D eigenvalue weighted by Gasteiger charge is -2.12. The molecule has 1 N–H and O–H groups in total. The lowest BCUT2D eigenvalue weighted by atomic mass is 10.1. The summed E-state index contributed by atoms with van der Waals surface area (Å²) >= 11 is 17.7. The molecule has 6 heteroatoms. The van der Waals surface area contributed by atoms with E-state index < -0.39 is 6.10 Å². The number of hydrogen-bond acceptors (Lipinski definition) is 2. The average molecular weight is 306 g/mol. The highest BCUT2D eigenvalue weighted by molar-refractivity contribution is 6.42. The van der Waals surface area contributed by atoms with Gasteiger partial charge in [0.05, 0.1) is 27.0 Å². The van der Waals surface area contributed by atoms with E-state index in [1.165, 1.54) is 6.20 Å². The molecule has 0 aliphatic heterocycles. The number of hydrogen-bond donors (Lipinski definition) is 1. The Balaban J connectivity index is 2.21. The molecule has 1 aromatic carbocycles. The molecule has 18 heavy (non-hydrogen) atoms. The maximum absolute atomic E-state index is 10.2. The number of aliphatic hydroxyl groups excluding tert-OH is 1. The highest BCUT2D eigenvalue weighted by atomic mass is 35.5. The van der Waals surface area contributed by atoms with Gasteiger partial charge in [-0.3, -0.25) is 4.68 Å². The first-order valence-electron chi connectivity index (χ1n) is 5.28. The molecule has 3 nitrogen and oxygen atoms in total. The third-order valence-electron chi connectivity index (χ3n) is 2.67. The van der Waals surface area contributed by atoms with Crippen LogP contribution >= 0.6 is 34.8 Å². The molecule has 0 saturated carbocycles. The van der Waals surface area contributed by atoms with Crippen LogP contribution < -0.4 is 0 Å². The van der Waals surface area contributed by atoms with E-state index >= 15 is 0 Å². The van der Waals surface area contributed by atoms with Crippen LogP contribution in [0.5, 0.6) is 0 Å². The maximum atomic E-state index is 10.2. The van der Waals surface area contributed by atoms with Gasteiger partial charge < -0.3 is 5.11 Å². The third-order valence-corrected chi connectivity index (χ3v) is 3.70. The number of benzene rings is 1. The molecule has 1 aromatic heterocycles. The number of aliphatic hydroxyl groups is 1. The van der Waals surface area contributed by atoms with Gasteiger partial charge in [-0.1, -0.05) is 40.9 Å². The maximum Gasteiger partial charge on any atom is 0.101 e. The summed E-state index contributed by atoms with van der Waals surface area (Å²) in [6.07, 6.45) is 1.17. The van der Waals surface area contributed by atoms with Crippen LogP contribution in [-0.4, -0.2) is 14.9 Å². The van der Waals surface area contributed by atoms with E-state index in [0.29, 0.717) is 27.2 Å². The normalized spacial score (nSPS) is 12.7. The first-order chi connectivity index (χ1) is 8.49. The molecule has 0 aliphatic rings. The second kappa shape index (κ2) is 5.49. The van der Waals surface area contributed by atoms with Gasteiger partial charge in [-0.2, -0.15) is 5.10 Å². The number of halogens is 3. The molecule has 0 spiro atoms. The molecular weight excluding hydrogens is 295 g/mol. The minimum atomic E-state index is -0.734. The zero-order valence-electron chi connectivity index (χ0n) is 9.57. The van der Waals surface area contributed by atoms with Crippen LogP contribution in [0.4, 0.5) is 0 Å². The van der Waals surface area contributed by atoms with Gasteiger partial charge in [-0.25, -0.2) is 0 Å². The number of aromatic nitrogens is 2. The van der Waals surface area contributed by atoms with Crippen molar-refractivity contribution < 1.29 is 5.11 Å². The molecule has 0 fully saturated rings. The van der Waals surface area contributed by atoms with Gasteiger partial charge in [-0.05, 0) is 17.7 Å². The van der Waals surface area contributed by atoms with Crippen LogP contribution in [0.25, 0.3) is 0 Å². The molecule has 1 atom stereocenters. The zero-order chi connectivity index (χ0) is 13.3. The van der Waals surface area contributed by atoms with Crippen LogP contribution in [-0.2, 0) is 13.5 Å². The number of aryl methyl sites for hydroxylation is 1. The summed E-state index contributed by atoms with van der Waals surface area (Å²) in [5, 5.41) is 15.6. The zero-order valence-corrected chi connectivity index (χ0v) is 11.8.